The summed E-state index contributed by atoms with van der Waals surface area (Å²) in [5.74, 6) is -0.479. The van der Waals surface area contributed by atoms with Crippen LogP contribution in [0.2, 0.25) is 0 Å². The topological polar surface area (TPSA) is 84.2 Å². The van der Waals surface area contributed by atoms with Crippen molar-refractivity contribution in [2.75, 3.05) is 11.9 Å². The Morgan fingerprint density at radius 3 is 2.38 bits per heavy atom. The van der Waals surface area contributed by atoms with E-state index in [1.165, 1.54) is 0 Å². The number of anilines is 1. The van der Waals surface area contributed by atoms with E-state index in [-0.39, 0.29) is 11.8 Å². The Kier molecular flexibility index (Phi) is 6.98. The largest absolute Gasteiger partial charge is 0.340 e. The van der Waals surface area contributed by atoms with Crippen LogP contribution in [0, 0.1) is 6.92 Å². The molecule has 0 bridgehead atoms. The monoisotopic (exact) mass is 389 g/mol. The van der Waals surface area contributed by atoms with Gasteiger partial charge in [-0.25, -0.2) is 0 Å². The number of carbonyl (C=O) groups excluding carboxylic acids is 2. The van der Waals surface area contributed by atoms with Gasteiger partial charge in [-0.05, 0) is 67.8 Å². The van der Waals surface area contributed by atoms with E-state index in [1.807, 2.05) is 67.6 Å². The van der Waals surface area contributed by atoms with Gasteiger partial charge in [-0.2, -0.15) is 0 Å². The van der Waals surface area contributed by atoms with Gasteiger partial charge < -0.3 is 16.4 Å². The molecule has 3 aromatic rings. The second kappa shape index (κ2) is 9.85. The normalized spacial score (nSPS) is 11.8. The number of nitrogens with two attached hydrogens (primary N) is 1. The summed E-state index contributed by atoms with van der Waals surface area (Å²) in [6.07, 6.45) is 2.11. The molecule has 1 atom stereocenters. The van der Waals surface area contributed by atoms with Gasteiger partial charge in [0.2, 0.25) is 5.91 Å². The van der Waals surface area contributed by atoms with Crippen LogP contribution in [0.25, 0.3) is 10.8 Å². The lowest BCUT2D eigenvalue weighted by atomic mass is 10.0. The van der Waals surface area contributed by atoms with Crippen LogP contribution in [0.3, 0.4) is 0 Å². The SMILES string of the molecule is Cc1ccc(NC(=O)[C@H](CCCCN)NC(=O)c2ccc3ccccc3c2)cc1. The number of aryl methyl sites for hydroxylation is 1. The lowest BCUT2D eigenvalue weighted by molar-refractivity contribution is -0.118. The molecule has 29 heavy (non-hydrogen) atoms. The number of hydrogen-bond acceptors (Lipinski definition) is 3. The highest BCUT2D eigenvalue weighted by Gasteiger charge is 2.21. The first kappa shape index (κ1) is 20.6. The maximum Gasteiger partial charge on any atom is 0.251 e. The van der Waals surface area contributed by atoms with Gasteiger partial charge in [-0.3, -0.25) is 9.59 Å². The van der Waals surface area contributed by atoms with Crippen molar-refractivity contribution in [1.82, 2.24) is 5.32 Å². The first-order valence-electron chi connectivity index (χ1n) is 9.94. The number of unbranched alkanes of at least 4 members (excludes halogenated alkanes) is 1. The highest BCUT2D eigenvalue weighted by molar-refractivity contribution is 6.03. The van der Waals surface area contributed by atoms with Crippen LogP contribution in [0.15, 0.2) is 66.7 Å². The number of amides is 2. The smallest absolute Gasteiger partial charge is 0.251 e. The van der Waals surface area contributed by atoms with Crippen LogP contribution < -0.4 is 16.4 Å². The first-order chi connectivity index (χ1) is 14.1. The average molecular weight is 389 g/mol. The average Bonchev–Trinajstić information content (AvgIpc) is 2.74. The van der Waals surface area contributed by atoms with E-state index in [1.54, 1.807) is 6.07 Å². The minimum atomic E-state index is -0.623. The third-order valence-electron chi connectivity index (χ3n) is 4.90. The minimum Gasteiger partial charge on any atom is -0.340 e. The Hall–Kier alpha value is -3.18. The summed E-state index contributed by atoms with van der Waals surface area (Å²) in [5, 5.41) is 7.85. The summed E-state index contributed by atoms with van der Waals surface area (Å²) < 4.78 is 0. The van der Waals surface area contributed by atoms with Crippen LogP contribution in [0.5, 0.6) is 0 Å². The molecule has 0 aliphatic rings. The van der Waals surface area contributed by atoms with Gasteiger partial charge in [0, 0.05) is 11.3 Å². The summed E-state index contributed by atoms with van der Waals surface area (Å²) in [6.45, 7) is 2.55. The molecule has 5 heteroatoms. The number of hydrogen-bond donors (Lipinski definition) is 3. The molecule has 0 saturated heterocycles. The molecule has 0 aromatic heterocycles. The van der Waals surface area contributed by atoms with Crippen molar-refractivity contribution >= 4 is 28.3 Å². The molecule has 0 aliphatic heterocycles. The number of carbonyl (C=O) groups is 2. The quantitative estimate of drug-likeness (QED) is 0.509. The summed E-state index contributed by atoms with van der Waals surface area (Å²) in [4.78, 5) is 25.6. The predicted molar refractivity (Wildman–Crippen MR) is 118 cm³/mol. The Morgan fingerprint density at radius 2 is 1.66 bits per heavy atom. The molecular weight excluding hydrogens is 362 g/mol. The first-order valence-corrected chi connectivity index (χ1v) is 9.94. The molecule has 0 fully saturated rings. The Balaban J connectivity index is 1.73. The van der Waals surface area contributed by atoms with Gasteiger partial charge in [-0.15, -0.1) is 0 Å². The molecule has 5 nitrogen and oxygen atoms in total. The maximum absolute atomic E-state index is 12.8. The molecule has 2 amide bonds. The molecule has 3 rings (SSSR count). The molecule has 0 heterocycles. The summed E-state index contributed by atoms with van der Waals surface area (Å²) in [6, 6.07) is 20.4. The molecule has 0 radical (unpaired) electrons. The Bertz CT molecular complexity index is 983. The van der Waals surface area contributed by atoms with E-state index in [0.29, 0.717) is 24.2 Å². The van der Waals surface area contributed by atoms with E-state index in [9.17, 15) is 9.59 Å². The number of benzene rings is 3. The van der Waals surface area contributed by atoms with Gasteiger partial charge in [-0.1, -0.05) is 48.0 Å². The second-order valence-electron chi connectivity index (χ2n) is 7.23. The predicted octanol–water partition coefficient (Wildman–Crippen LogP) is 4.01. The zero-order valence-electron chi connectivity index (χ0n) is 16.7. The van der Waals surface area contributed by atoms with Gasteiger partial charge in [0.1, 0.15) is 6.04 Å². The summed E-state index contributed by atoms with van der Waals surface area (Å²) in [5.41, 5.74) is 7.95. The third kappa shape index (κ3) is 5.65. The fourth-order valence-corrected chi connectivity index (χ4v) is 3.20. The van der Waals surface area contributed by atoms with E-state index < -0.39 is 6.04 Å². The highest BCUT2D eigenvalue weighted by atomic mass is 16.2. The van der Waals surface area contributed by atoms with Crippen LogP contribution in [-0.2, 0) is 4.79 Å². The number of rotatable bonds is 8. The molecule has 0 saturated carbocycles. The zero-order valence-corrected chi connectivity index (χ0v) is 16.7. The van der Waals surface area contributed by atoms with Crippen LogP contribution >= 0.6 is 0 Å². The van der Waals surface area contributed by atoms with Crippen LogP contribution in [0.4, 0.5) is 5.69 Å². The second-order valence-corrected chi connectivity index (χ2v) is 7.23. The Morgan fingerprint density at radius 1 is 0.931 bits per heavy atom. The van der Waals surface area contributed by atoms with Crippen molar-refractivity contribution in [1.29, 1.82) is 0 Å². The van der Waals surface area contributed by atoms with Gasteiger partial charge in [0.25, 0.3) is 5.91 Å². The number of nitrogens with one attached hydrogen (secondary N) is 2. The lowest BCUT2D eigenvalue weighted by Crippen LogP contribution is -2.43. The summed E-state index contributed by atoms with van der Waals surface area (Å²) >= 11 is 0. The van der Waals surface area contributed by atoms with E-state index in [4.69, 9.17) is 5.73 Å². The molecule has 0 aliphatic carbocycles. The fourth-order valence-electron chi connectivity index (χ4n) is 3.20. The van der Waals surface area contributed by atoms with Crippen molar-refractivity contribution in [2.24, 2.45) is 5.73 Å². The molecule has 3 aromatic carbocycles. The third-order valence-corrected chi connectivity index (χ3v) is 4.90. The molecule has 4 N–H and O–H groups in total. The Labute approximate surface area is 171 Å². The van der Waals surface area contributed by atoms with E-state index in [2.05, 4.69) is 10.6 Å². The van der Waals surface area contributed by atoms with Crippen molar-refractivity contribution in [3.63, 3.8) is 0 Å². The minimum absolute atomic E-state index is 0.222. The molecular formula is C24H27N3O2. The zero-order chi connectivity index (χ0) is 20.6. The fraction of sp³-hybridized carbons (Fsp3) is 0.250. The van der Waals surface area contributed by atoms with Crippen molar-refractivity contribution < 1.29 is 9.59 Å². The van der Waals surface area contributed by atoms with Gasteiger partial charge in [0.05, 0.1) is 0 Å². The van der Waals surface area contributed by atoms with E-state index in [0.717, 1.165) is 29.2 Å². The molecule has 0 unspecified atom stereocenters. The standard InChI is InChI=1S/C24H27N3O2/c1-17-9-13-21(14-10-17)26-24(29)22(8-4-5-15-25)27-23(28)20-12-11-18-6-2-3-7-19(18)16-20/h2-3,6-7,9-14,16,22H,4-5,8,15,25H2,1H3,(H,26,29)(H,27,28)/t22-/m0/s1. The van der Waals surface area contributed by atoms with Crippen LogP contribution in [-0.4, -0.2) is 24.4 Å². The van der Waals surface area contributed by atoms with Crippen molar-refractivity contribution in [2.45, 2.75) is 32.2 Å². The van der Waals surface area contributed by atoms with Gasteiger partial charge >= 0.3 is 0 Å². The maximum atomic E-state index is 12.8. The van der Waals surface area contributed by atoms with Crippen molar-refractivity contribution in [3.8, 4) is 0 Å². The van der Waals surface area contributed by atoms with Crippen molar-refractivity contribution in [3.05, 3.63) is 77.9 Å². The summed E-state index contributed by atoms with van der Waals surface area (Å²) in [7, 11) is 0. The van der Waals surface area contributed by atoms with E-state index >= 15 is 0 Å². The molecule has 150 valence electrons. The van der Waals surface area contributed by atoms with Crippen LogP contribution in [0.1, 0.15) is 35.2 Å². The molecule has 0 spiro atoms. The lowest BCUT2D eigenvalue weighted by Gasteiger charge is -2.19. The highest BCUT2D eigenvalue weighted by Crippen LogP contribution is 2.16. The van der Waals surface area contributed by atoms with Gasteiger partial charge in [0.15, 0.2) is 0 Å². The number of fused-ring (bicyclic) bond motifs is 1.